The largest absolute Gasteiger partial charge is 0.114 e. The fraction of sp³-hybridized carbons (Fsp3) is 0.867. The Labute approximate surface area is 121 Å². The SMILES string of the molecule is Br.C=CCCCCCP(CCCC)CCCC. The van der Waals surface area contributed by atoms with Crippen LogP contribution < -0.4 is 0 Å². The van der Waals surface area contributed by atoms with Crippen LogP contribution in [0.25, 0.3) is 0 Å². The van der Waals surface area contributed by atoms with Crippen LogP contribution in [0, 0.1) is 0 Å². The number of allylic oxidation sites excluding steroid dienone is 1. The van der Waals surface area contributed by atoms with Crippen LogP contribution in [-0.4, -0.2) is 18.5 Å². The van der Waals surface area contributed by atoms with Crippen molar-refractivity contribution < 1.29 is 0 Å². The number of hydrogen-bond acceptors (Lipinski definition) is 0. The molecule has 0 aromatic carbocycles. The third kappa shape index (κ3) is 14.6. The zero-order chi connectivity index (χ0) is 12.1. The average Bonchev–Trinajstić information content (AvgIpc) is 2.31. The van der Waals surface area contributed by atoms with Crippen molar-refractivity contribution in [2.75, 3.05) is 18.5 Å². The number of halogens is 1. The standard InChI is InChI=1S/C15H31P.BrH/c1-4-7-10-11-12-15-16(13-8-5-2)14-9-6-3;/h4H,1,5-15H2,2-3H3;1H. The van der Waals surface area contributed by atoms with E-state index in [0.29, 0.717) is 7.92 Å². The van der Waals surface area contributed by atoms with Gasteiger partial charge in [-0.1, -0.05) is 39.2 Å². The molecular formula is C15H32BrP. The van der Waals surface area contributed by atoms with Crippen molar-refractivity contribution in [1.82, 2.24) is 0 Å². The Balaban J connectivity index is 0. The zero-order valence-electron chi connectivity index (χ0n) is 11.9. The molecule has 0 bridgehead atoms. The highest BCUT2D eigenvalue weighted by molar-refractivity contribution is 8.93. The molecule has 0 rings (SSSR count). The lowest BCUT2D eigenvalue weighted by molar-refractivity contribution is 0.730. The molecule has 0 radical (unpaired) electrons. The molecule has 17 heavy (non-hydrogen) atoms. The fourth-order valence-corrected chi connectivity index (χ4v) is 4.77. The van der Waals surface area contributed by atoms with Gasteiger partial charge in [0.25, 0.3) is 0 Å². The second-order valence-corrected chi connectivity index (χ2v) is 7.37. The van der Waals surface area contributed by atoms with Crippen molar-refractivity contribution in [3.8, 4) is 0 Å². The first-order valence-corrected chi connectivity index (χ1v) is 9.08. The Morgan fingerprint density at radius 1 is 0.824 bits per heavy atom. The van der Waals surface area contributed by atoms with Gasteiger partial charge in [0.05, 0.1) is 0 Å². The highest BCUT2D eigenvalue weighted by atomic mass is 79.9. The molecule has 0 saturated carbocycles. The minimum Gasteiger partial charge on any atom is -0.114 e. The zero-order valence-corrected chi connectivity index (χ0v) is 14.5. The molecule has 0 aliphatic carbocycles. The van der Waals surface area contributed by atoms with Crippen molar-refractivity contribution in [3.63, 3.8) is 0 Å². The first-order chi connectivity index (χ1) is 7.85. The van der Waals surface area contributed by atoms with Crippen LogP contribution in [0.3, 0.4) is 0 Å². The second kappa shape index (κ2) is 16.6. The maximum atomic E-state index is 3.78. The Morgan fingerprint density at radius 3 is 1.82 bits per heavy atom. The first kappa shape index (κ1) is 20.0. The van der Waals surface area contributed by atoms with E-state index in [2.05, 4.69) is 26.5 Å². The van der Waals surface area contributed by atoms with Crippen LogP contribution >= 0.6 is 24.9 Å². The van der Waals surface area contributed by atoms with Gasteiger partial charge in [0, 0.05) is 0 Å². The van der Waals surface area contributed by atoms with Gasteiger partial charge in [-0.3, -0.25) is 0 Å². The van der Waals surface area contributed by atoms with Crippen molar-refractivity contribution >= 4 is 24.9 Å². The van der Waals surface area contributed by atoms with Crippen molar-refractivity contribution in [2.45, 2.75) is 65.2 Å². The maximum Gasteiger partial charge on any atom is -0.0326 e. The monoisotopic (exact) mass is 322 g/mol. The number of unbranched alkanes of at least 4 members (excludes halogenated alkanes) is 5. The van der Waals surface area contributed by atoms with Crippen LogP contribution in [0.15, 0.2) is 12.7 Å². The summed E-state index contributed by atoms with van der Waals surface area (Å²) in [6, 6.07) is 0. The maximum absolute atomic E-state index is 3.78. The molecule has 0 heterocycles. The van der Waals surface area contributed by atoms with Gasteiger partial charge in [-0.2, -0.15) is 0 Å². The summed E-state index contributed by atoms with van der Waals surface area (Å²) in [4.78, 5) is 0. The molecule has 0 aromatic rings. The van der Waals surface area contributed by atoms with E-state index < -0.39 is 0 Å². The van der Waals surface area contributed by atoms with Gasteiger partial charge in [0.1, 0.15) is 0 Å². The minimum absolute atomic E-state index is 0. The third-order valence-corrected chi connectivity index (χ3v) is 5.88. The highest BCUT2D eigenvalue weighted by Crippen LogP contribution is 2.38. The van der Waals surface area contributed by atoms with E-state index in [4.69, 9.17) is 0 Å². The minimum atomic E-state index is 0. The number of rotatable bonds is 12. The van der Waals surface area contributed by atoms with E-state index in [1.807, 2.05) is 0 Å². The van der Waals surface area contributed by atoms with Crippen LogP contribution in [-0.2, 0) is 0 Å². The molecule has 0 N–H and O–H groups in total. The first-order valence-electron chi connectivity index (χ1n) is 7.18. The van der Waals surface area contributed by atoms with Gasteiger partial charge in [0.2, 0.25) is 0 Å². The molecule has 0 amide bonds. The quantitative estimate of drug-likeness (QED) is 0.222. The molecule has 0 spiro atoms. The van der Waals surface area contributed by atoms with Crippen molar-refractivity contribution in [2.24, 2.45) is 0 Å². The third-order valence-electron chi connectivity index (χ3n) is 3.04. The van der Waals surface area contributed by atoms with Gasteiger partial charge >= 0.3 is 0 Å². The highest BCUT2D eigenvalue weighted by Gasteiger charge is 2.06. The molecule has 104 valence electrons. The van der Waals surface area contributed by atoms with Gasteiger partial charge < -0.3 is 0 Å². The molecular weight excluding hydrogens is 291 g/mol. The van der Waals surface area contributed by atoms with E-state index in [-0.39, 0.29) is 17.0 Å². The smallest absolute Gasteiger partial charge is 0.0326 e. The van der Waals surface area contributed by atoms with E-state index in [9.17, 15) is 0 Å². The van der Waals surface area contributed by atoms with E-state index >= 15 is 0 Å². The second-order valence-electron chi connectivity index (χ2n) is 4.69. The van der Waals surface area contributed by atoms with Gasteiger partial charge in [0.15, 0.2) is 0 Å². The lowest BCUT2D eigenvalue weighted by Gasteiger charge is -2.17. The summed E-state index contributed by atoms with van der Waals surface area (Å²) in [5, 5.41) is 0. The summed E-state index contributed by atoms with van der Waals surface area (Å²) < 4.78 is 0. The lowest BCUT2D eigenvalue weighted by atomic mass is 10.2. The summed E-state index contributed by atoms with van der Waals surface area (Å²) in [6.45, 7) is 8.41. The Hall–Kier alpha value is 0.650. The molecule has 2 heteroatoms. The van der Waals surface area contributed by atoms with Crippen molar-refractivity contribution in [3.05, 3.63) is 12.7 Å². The van der Waals surface area contributed by atoms with Gasteiger partial charge in [-0.25, -0.2) is 0 Å². The lowest BCUT2D eigenvalue weighted by Crippen LogP contribution is -1.96. The number of hydrogen-bond donors (Lipinski definition) is 0. The molecule has 0 unspecified atom stereocenters. The normalized spacial score (nSPS) is 10.3. The van der Waals surface area contributed by atoms with E-state index in [0.717, 1.165) is 0 Å². The van der Waals surface area contributed by atoms with Crippen LogP contribution in [0.5, 0.6) is 0 Å². The summed E-state index contributed by atoms with van der Waals surface area (Å²) in [5.74, 6) is 0. The molecule has 0 saturated heterocycles. The van der Waals surface area contributed by atoms with Gasteiger partial charge in [-0.15, -0.1) is 31.5 Å². The predicted molar refractivity (Wildman–Crippen MR) is 90.3 cm³/mol. The molecule has 0 aliphatic heterocycles. The summed E-state index contributed by atoms with van der Waals surface area (Å²) >= 11 is 0. The summed E-state index contributed by atoms with van der Waals surface area (Å²) in [5.41, 5.74) is 0. The molecule has 0 fully saturated rings. The molecule has 0 aliphatic rings. The van der Waals surface area contributed by atoms with E-state index in [1.165, 1.54) is 69.9 Å². The average molecular weight is 323 g/mol. The fourth-order valence-electron chi connectivity index (χ4n) is 1.90. The van der Waals surface area contributed by atoms with Crippen LogP contribution in [0.4, 0.5) is 0 Å². The van der Waals surface area contributed by atoms with E-state index in [1.54, 1.807) is 0 Å². The van der Waals surface area contributed by atoms with Crippen LogP contribution in [0.1, 0.15) is 65.2 Å². The van der Waals surface area contributed by atoms with Crippen molar-refractivity contribution in [1.29, 1.82) is 0 Å². The summed E-state index contributed by atoms with van der Waals surface area (Å²) in [7, 11) is 0.381. The molecule has 0 aromatic heterocycles. The van der Waals surface area contributed by atoms with Crippen LogP contribution in [0.2, 0.25) is 0 Å². The Morgan fingerprint density at radius 2 is 1.35 bits per heavy atom. The predicted octanol–water partition coefficient (Wildman–Crippen LogP) is 6.39. The Bertz CT molecular complexity index is 140. The molecule has 0 atom stereocenters. The molecule has 0 nitrogen and oxygen atoms in total. The summed E-state index contributed by atoms with van der Waals surface area (Å²) in [6.07, 6.45) is 17.8. The topological polar surface area (TPSA) is 0 Å². The Kier molecular flexibility index (Phi) is 19.6. The van der Waals surface area contributed by atoms with Gasteiger partial charge in [-0.05, 0) is 50.6 Å².